The van der Waals surface area contributed by atoms with Crippen LogP contribution in [0.5, 0.6) is 0 Å². The minimum absolute atomic E-state index is 0.0166. The van der Waals surface area contributed by atoms with Crippen molar-refractivity contribution in [3.8, 4) is 0 Å². The van der Waals surface area contributed by atoms with Crippen molar-refractivity contribution in [2.45, 2.75) is 33.1 Å². The van der Waals surface area contributed by atoms with Gasteiger partial charge in [0.25, 0.3) is 5.56 Å². The summed E-state index contributed by atoms with van der Waals surface area (Å²) in [7, 11) is 1.79. The van der Waals surface area contributed by atoms with Crippen LogP contribution in [-0.4, -0.2) is 52.2 Å². The lowest BCUT2D eigenvalue weighted by molar-refractivity contribution is 0.294. The van der Waals surface area contributed by atoms with Gasteiger partial charge >= 0.3 is 0 Å². The minimum atomic E-state index is 0.0166. The molecule has 6 heteroatoms. The van der Waals surface area contributed by atoms with E-state index in [1.807, 2.05) is 13.0 Å². The molecule has 1 fully saturated rings. The molecule has 1 aliphatic heterocycles. The summed E-state index contributed by atoms with van der Waals surface area (Å²) in [4.78, 5) is 26.6. The molecule has 3 heterocycles. The first-order chi connectivity index (χ1) is 11.6. The van der Waals surface area contributed by atoms with E-state index in [-0.39, 0.29) is 5.56 Å². The van der Waals surface area contributed by atoms with Gasteiger partial charge in [0.05, 0.1) is 17.1 Å². The molecule has 0 amide bonds. The molecule has 2 aromatic rings. The Morgan fingerprint density at radius 1 is 1.17 bits per heavy atom. The summed E-state index contributed by atoms with van der Waals surface area (Å²) >= 11 is 0. The number of aromatic nitrogens is 3. The summed E-state index contributed by atoms with van der Waals surface area (Å²) in [5.74, 6) is 1.69. The fourth-order valence-corrected chi connectivity index (χ4v) is 3.44. The fraction of sp³-hybridized carbons (Fsp3) is 0.611. The Balaban J connectivity index is 1.90. The molecule has 0 unspecified atom stereocenters. The normalized spacial score (nSPS) is 16.5. The molecule has 0 aromatic carbocycles. The molecule has 0 radical (unpaired) electrons. The summed E-state index contributed by atoms with van der Waals surface area (Å²) < 4.78 is 1.65. The van der Waals surface area contributed by atoms with E-state index in [0.717, 1.165) is 57.2 Å². The molecule has 130 valence electrons. The molecule has 1 aliphatic rings. The van der Waals surface area contributed by atoms with Crippen LogP contribution >= 0.6 is 0 Å². The second-order valence-corrected chi connectivity index (χ2v) is 6.49. The van der Waals surface area contributed by atoms with E-state index in [1.54, 1.807) is 17.8 Å². The SMILES string of the molecule is CCCN1CCCN(c2cc3c(=O)n(C)c(CC)nc3cn2)CC1. The van der Waals surface area contributed by atoms with E-state index >= 15 is 0 Å². The zero-order chi connectivity index (χ0) is 17.1. The van der Waals surface area contributed by atoms with Gasteiger partial charge in [-0.15, -0.1) is 0 Å². The summed E-state index contributed by atoms with van der Waals surface area (Å²) in [5.41, 5.74) is 0.712. The first-order valence-corrected chi connectivity index (χ1v) is 8.97. The number of pyridine rings is 1. The first-order valence-electron chi connectivity index (χ1n) is 8.97. The molecule has 24 heavy (non-hydrogen) atoms. The predicted octanol–water partition coefficient (Wildman–Crippen LogP) is 1.81. The summed E-state index contributed by atoms with van der Waals surface area (Å²) in [6, 6.07) is 1.92. The van der Waals surface area contributed by atoms with E-state index in [4.69, 9.17) is 0 Å². The van der Waals surface area contributed by atoms with E-state index in [9.17, 15) is 4.79 Å². The molecular weight excluding hydrogens is 302 g/mol. The molecule has 0 bridgehead atoms. The largest absolute Gasteiger partial charge is 0.355 e. The number of hydrogen-bond acceptors (Lipinski definition) is 5. The summed E-state index contributed by atoms with van der Waals surface area (Å²) in [6.07, 6.45) is 4.81. The fourth-order valence-electron chi connectivity index (χ4n) is 3.44. The molecule has 0 aliphatic carbocycles. The average Bonchev–Trinajstić information content (AvgIpc) is 2.84. The Morgan fingerprint density at radius 3 is 2.75 bits per heavy atom. The zero-order valence-corrected chi connectivity index (χ0v) is 15.0. The minimum Gasteiger partial charge on any atom is -0.355 e. The van der Waals surface area contributed by atoms with Crippen molar-refractivity contribution < 1.29 is 0 Å². The zero-order valence-electron chi connectivity index (χ0n) is 15.0. The number of fused-ring (bicyclic) bond motifs is 1. The lowest BCUT2D eigenvalue weighted by Crippen LogP contribution is -2.31. The van der Waals surface area contributed by atoms with Crippen molar-refractivity contribution in [1.82, 2.24) is 19.4 Å². The van der Waals surface area contributed by atoms with Crippen molar-refractivity contribution in [1.29, 1.82) is 0 Å². The van der Waals surface area contributed by atoms with Gasteiger partial charge in [-0.1, -0.05) is 13.8 Å². The van der Waals surface area contributed by atoms with Crippen molar-refractivity contribution >= 4 is 16.7 Å². The van der Waals surface area contributed by atoms with Crippen molar-refractivity contribution in [2.24, 2.45) is 7.05 Å². The second kappa shape index (κ2) is 7.30. The monoisotopic (exact) mass is 329 g/mol. The number of aryl methyl sites for hydroxylation is 1. The number of rotatable bonds is 4. The van der Waals surface area contributed by atoms with E-state index in [0.29, 0.717) is 10.9 Å². The third-order valence-electron chi connectivity index (χ3n) is 4.81. The molecule has 0 atom stereocenters. The van der Waals surface area contributed by atoms with Gasteiger partial charge in [-0.2, -0.15) is 0 Å². The molecule has 0 N–H and O–H groups in total. The van der Waals surface area contributed by atoms with Crippen LogP contribution < -0.4 is 10.5 Å². The van der Waals surface area contributed by atoms with E-state index in [1.165, 1.54) is 6.42 Å². The third kappa shape index (κ3) is 3.29. The van der Waals surface area contributed by atoms with Gasteiger partial charge in [-0.3, -0.25) is 9.36 Å². The molecule has 2 aromatic heterocycles. The van der Waals surface area contributed by atoms with E-state index < -0.39 is 0 Å². The maximum Gasteiger partial charge on any atom is 0.261 e. The van der Waals surface area contributed by atoms with E-state index in [2.05, 4.69) is 26.7 Å². The van der Waals surface area contributed by atoms with Crippen LogP contribution in [0.1, 0.15) is 32.5 Å². The molecule has 1 saturated heterocycles. The van der Waals surface area contributed by atoms with Crippen molar-refractivity contribution in [3.05, 3.63) is 28.4 Å². The Bertz CT molecular complexity index is 770. The van der Waals surface area contributed by atoms with Crippen LogP contribution in [0.15, 0.2) is 17.1 Å². The van der Waals surface area contributed by atoms with Crippen molar-refractivity contribution in [2.75, 3.05) is 37.6 Å². The third-order valence-corrected chi connectivity index (χ3v) is 4.81. The van der Waals surface area contributed by atoms with Crippen LogP contribution in [0.25, 0.3) is 10.9 Å². The topological polar surface area (TPSA) is 54.3 Å². The Morgan fingerprint density at radius 2 is 2.00 bits per heavy atom. The Hall–Kier alpha value is -1.95. The summed E-state index contributed by atoms with van der Waals surface area (Å²) in [5, 5.41) is 0.661. The summed E-state index contributed by atoms with van der Waals surface area (Å²) in [6.45, 7) is 9.53. The van der Waals surface area contributed by atoms with Gasteiger partial charge in [0.15, 0.2) is 0 Å². The Kier molecular flexibility index (Phi) is 5.14. The molecule has 6 nitrogen and oxygen atoms in total. The maximum atomic E-state index is 12.6. The number of anilines is 1. The number of nitrogens with zero attached hydrogens (tertiary/aromatic N) is 5. The van der Waals surface area contributed by atoms with Gasteiger partial charge in [-0.05, 0) is 32.0 Å². The molecule has 0 spiro atoms. The van der Waals surface area contributed by atoms with Crippen LogP contribution in [-0.2, 0) is 13.5 Å². The standard InChI is InChI=1S/C18H27N5O/c1-4-7-22-8-6-9-23(11-10-22)17-12-14-15(13-19-17)20-16(5-2)21(3)18(14)24/h12-13H,4-11H2,1-3H3. The molecule has 0 saturated carbocycles. The van der Waals surface area contributed by atoms with Gasteiger partial charge in [0.1, 0.15) is 11.6 Å². The van der Waals surface area contributed by atoms with Gasteiger partial charge in [0, 0.05) is 33.1 Å². The highest BCUT2D eigenvalue weighted by Gasteiger charge is 2.17. The quantitative estimate of drug-likeness (QED) is 0.856. The second-order valence-electron chi connectivity index (χ2n) is 6.49. The van der Waals surface area contributed by atoms with Crippen LogP contribution in [0.2, 0.25) is 0 Å². The average molecular weight is 329 g/mol. The lowest BCUT2D eigenvalue weighted by Gasteiger charge is -2.22. The van der Waals surface area contributed by atoms with Crippen LogP contribution in [0.4, 0.5) is 5.82 Å². The highest BCUT2D eigenvalue weighted by molar-refractivity contribution is 5.79. The molecule has 3 rings (SSSR count). The highest BCUT2D eigenvalue weighted by atomic mass is 16.1. The highest BCUT2D eigenvalue weighted by Crippen LogP contribution is 2.18. The van der Waals surface area contributed by atoms with Crippen molar-refractivity contribution in [3.63, 3.8) is 0 Å². The maximum absolute atomic E-state index is 12.6. The van der Waals surface area contributed by atoms with Gasteiger partial charge < -0.3 is 9.80 Å². The Labute approximate surface area is 143 Å². The van der Waals surface area contributed by atoms with Gasteiger partial charge in [0.2, 0.25) is 0 Å². The van der Waals surface area contributed by atoms with Gasteiger partial charge in [-0.25, -0.2) is 9.97 Å². The number of hydrogen-bond donors (Lipinski definition) is 0. The lowest BCUT2D eigenvalue weighted by atomic mass is 10.2. The predicted molar refractivity (Wildman–Crippen MR) is 97.7 cm³/mol. The van der Waals surface area contributed by atoms with Crippen LogP contribution in [0.3, 0.4) is 0 Å². The smallest absolute Gasteiger partial charge is 0.261 e. The van der Waals surface area contributed by atoms with Crippen LogP contribution in [0, 0.1) is 0 Å². The first kappa shape index (κ1) is 16.9. The molecular formula is C18H27N5O.